The van der Waals surface area contributed by atoms with Crippen LogP contribution < -0.4 is 15.4 Å². The number of anilines is 2. The van der Waals surface area contributed by atoms with Crippen LogP contribution in [-0.2, 0) is 6.42 Å². The van der Waals surface area contributed by atoms with Crippen molar-refractivity contribution < 1.29 is 13.9 Å². The van der Waals surface area contributed by atoms with Gasteiger partial charge in [0.15, 0.2) is 0 Å². The maximum absolute atomic E-state index is 15.1. The average molecular weight is 510 g/mol. The third kappa shape index (κ3) is 5.79. The van der Waals surface area contributed by atoms with Gasteiger partial charge in [0.05, 0.1) is 30.0 Å². The molecule has 10 heteroatoms. The molecule has 2 aromatic rings. The fourth-order valence-corrected chi connectivity index (χ4v) is 5.07. The molecule has 37 heavy (non-hydrogen) atoms. The normalized spacial score (nSPS) is 19.1. The largest absolute Gasteiger partial charge is 0.495 e. The molecule has 198 valence electrons. The highest BCUT2D eigenvalue weighted by atomic mass is 19.1. The number of benzene rings is 1. The number of amides is 1. The van der Waals surface area contributed by atoms with Gasteiger partial charge in [-0.3, -0.25) is 9.79 Å². The fourth-order valence-electron chi connectivity index (χ4n) is 5.07. The summed E-state index contributed by atoms with van der Waals surface area (Å²) < 4.78 is 20.6. The van der Waals surface area contributed by atoms with E-state index in [0.717, 1.165) is 42.9 Å². The Morgan fingerprint density at radius 3 is 2.65 bits per heavy atom. The zero-order valence-corrected chi connectivity index (χ0v) is 22.2. The number of fused-ring (bicyclic) bond motifs is 1. The van der Waals surface area contributed by atoms with E-state index in [4.69, 9.17) is 15.1 Å². The lowest BCUT2D eigenvalue weighted by atomic mass is 9.79. The lowest BCUT2D eigenvalue weighted by Crippen LogP contribution is -2.43. The molecule has 0 radical (unpaired) electrons. The molecule has 1 unspecified atom stereocenters. The minimum Gasteiger partial charge on any atom is -0.495 e. The van der Waals surface area contributed by atoms with Crippen molar-refractivity contribution in [2.24, 2.45) is 10.9 Å². The van der Waals surface area contributed by atoms with Crippen LogP contribution in [0.15, 0.2) is 23.3 Å². The molecule has 1 fully saturated rings. The van der Waals surface area contributed by atoms with Crippen molar-refractivity contribution in [3.05, 3.63) is 41.0 Å². The number of halogens is 1. The van der Waals surface area contributed by atoms with Gasteiger partial charge in [0.2, 0.25) is 5.95 Å². The summed E-state index contributed by atoms with van der Waals surface area (Å²) in [6, 6.07) is 2.65. The molecule has 1 atom stereocenters. The standard InChI is InChI=1S/C27H36FN7O2/c1-15(2)24(30-3)23-20(29)7-6-16-14-31-27(34-25(16)23)33-21-13-19(28)18(12-22(21)37-5)26(36)32-17-8-10-35(4)11-9-17/h12-15,17,23,29H,6-11H2,1-5H3,(H,32,36)(H,31,33,34). The van der Waals surface area contributed by atoms with E-state index >= 15 is 4.39 Å². The van der Waals surface area contributed by atoms with Crippen LogP contribution in [-0.4, -0.2) is 72.5 Å². The molecule has 3 N–H and O–H groups in total. The molecule has 1 saturated heterocycles. The first-order chi connectivity index (χ1) is 17.7. The Kier molecular flexibility index (Phi) is 8.16. The zero-order valence-electron chi connectivity index (χ0n) is 22.2. The number of hydrogen-bond acceptors (Lipinski definition) is 8. The first-order valence-corrected chi connectivity index (χ1v) is 12.8. The molecule has 2 heterocycles. The molecule has 9 nitrogen and oxygen atoms in total. The van der Waals surface area contributed by atoms with E-state index in [2.05, 4.69) is 39.4 Å². The van der Waals surface area contributed by atoms with Crippen LogP contribution in [0.1, 0.15) is 60.6 Å². The monoisotopic (exact) mass is 509 g/mol. The Hall–Kier alpha value is -3.40. The molecule has 2 aliphatic rings. The van der Waals surface area contributed by atoms with Crippen LogP contribution in [0.2, 0.25) is 0 Å². The number of carbonyl (C=O) groups excluding carboxylic acids is 1. The summed E-state index contributed by atoms with van der Waals surface area (Å²) in [5, 5.41) is 14.6. The second kappa shape index (κ2) is 11.3. The topological polar surface area (TPSA) is 116 Å². The van der Waals surface area contributed by atoms with Gasteiger partial charge in [-0.15, -0.1) is 0 Å². The molecular weight excluding hydrogens is 473 g/mol. The van der Waals surface area contributed by atoms with Gasteiger partial charge in [-0.25, -0.2) is 14.4 Å². The maximum atomic E-state index is 15.1. The molecule has 0 bridgehead atoms. The summed E-state index contributed by atoms with van der Waals surface area (Å²) in [6.45, 7) is 5.90. The minimum atomic E-state index is -0.661. The third-order valence-corrected chi connectivity index (χ3v) is 7.16. The number of aliphatic imine (C=N–C) groups is 1. The van der Waals surface area contributed by atoms with Gasteiger partial charge in [-0.05, 0) is 63.4 Å². The van der Waals surface area contributed by atoms with Gasteiger partial charge in [0.25, 0.3) is 5.91 Å². The predicted molar refractivity (Wildman–Crippen MR) is 143 cm³/mol. The summed E-state index contributed by atoms with van der Waals surface area (Å²) >= 11 is 0. The van der Waals surface area contributed by atoms with Crippen LogP contribution >= 0.6 is 0 Å². The first-order valence-electron chi connectivity index (χ1n) is 12.8. The van der Waals surface area contributed by atoms with Crippen LogP contribution in [0.5, 0.6) is 5.75 Å². The van der Waals surface area contributed by atoms with E-state index in [-0.39, 0.29) is 29.4 Å². The minimum absolute atomic E-state index is 0.0184. The number of likely N-dealkylation sites (tertiary alicyclic amines) is 1. The van der Waals surface area contributed by atoms with Crippen molar-refractivity contribution in [1.29, 1.82) is 5.41 Å². The van der Waals surface area contributed by atoms with Gasteiger partial charge in [-0.2, -0.15) is 0 Å². The van der Waals surface area contributed by atoms with E-state index < -0.39 is 11.7 Å². The number of nitrogens with one attached hydrogen (secondary N) is 3. The summed E-state index contributed by atoms with van der Waals surface area (Å²) in [4.78, 5) is 28.7. The van der Waals surface area contributed by atoms with Crippen molar-refractivity contribution in [2.75, 3.05) is 39.6 Å². The van der Waals surface area contributed by atoms with Gasteiger partial charge in [0.1, 0.15) is 11.6 Å². The molecule has 1 aromatic heterocycles. The van der Waals surface area contributed by atoms with Gasteiger partial charge < -0.3 is 25.7 Å². The molecular formula is C27H36FN7O2. The van der Waals surface area contributed by atoms with E-state index in [0.29, 0.717) is 30.0 Å². The zero-order chi connectivity index (χ0) is 26.7. The Labute approximate surface area is 217 Å². The highest BCUT2D eigenvalue weighted by Crippen LogP contribution is 2.34. The van der Waals surface area contributed by atoms with Crippen molar-refractivity contribution in [3.63, 3.8) is 0 Å². The number of nitrogens with zero attached hydrogens (tertiary/aromatic N) is 4. The molecule has 1 aromatic carbocycles. The number of carbonyl (C=O) groups is 1. The van der Waals surface area contributed by atoms with E-state index in [1.165, 1.54) is 19.2 Å². The number of aryl methyl sites for hydroxylation is 1. The van der Waals surface area contributed by atoms with E-state index in [1.54, 1.807) is 13.2 Å². The smallest absolute Gasteiger partial charge is 0.254 e. The van der Waals surface area contributed by atoms with Crippen molar-refractivity contribution in [1.82, 2.24) is 20.2 Å². The molecule has 1 aliphatic heterocycles. The van der Waals surface area contributed by atoms with Gasteiger partial charge in [-0.1, -0.05) is 13.8 Å². The summed E-state index contributed by atoms with van der Waals surface area (Å²) in [6.07, 6.45) is 4.74. The lowest BCUT2D eigenvalue weighted by molar-refractivity contribution is 0.0912. The number of piperidine rings is 1. The number of hydrogen-bond donors (Lipinski definition) is 3. The van der Waals surface area contributed by atoms with Crippen LogP contribution in [0.3, 0.4) is 0 Å². The summed E-state index contributed by atoms with van der Waals surface area (Å²) in [5.74, 6) is -0.691. The van der Waals surface area contributed by atoms with E-state index in [1.807, 2.05) is 7.05 Å². The summed E-state index contributed by atoms with van der Waals surface area (Å²) in [5.41, 5.74) is 3.45. The number of methoxy groups -OCH3 is 1. The Morgan fingerprint density at radius 1 is 1.27 bits per heavy atom. The average Bonchev–Trinajstić information content (AvgIpc) is 2.87. The molecule has 4 rings (SSSR count). The highest BCUT2D eigenvalue weighted by Gasteiger charge is 2.32. The van der Waals surface area contributed by atoms with Crippen molar-refractivity contribution in [3.8, 4) is 5.75 Å². The lowest BCUT2D eigenvalue weighted by Gasteiger charge is -2.29. The molecule has 0 spiro atoms. The summed E-state index contributed by atoms with van der Waals surface area (Å²) in [7, 11) is 5.26. The molecule has 1 amide bonds. The second-order valence-electron chi connectivity index (χ2n) is 10.1. The highest BCUT2D eigenvalue weighted by molar-refractivity contribution is 6.12. The molecule has 0 saturated carbocycles. The predicted octanol–water partition coefficient (Wildman–Crippen LogP) is 3.97. The van der Waals surface area contributed by atoms with Crippen LogP contribution in [0.4, 0.5) is 16.0 Å². The van der Waals surface area contributed by atoms with Crippen LogP contribution in [0, 0.1) is 17.1 Å². The van der Waals surface area contributed by atoms with Gasteiger partial charge >= 0.3 is 0 Å². The van der Waals surface area contributed by atoms with Crippen molar-refractivity contribution in [2.45, 2.75) is 51.5 Å². The Balaban J connectivity index is 1.59. The maximum Gasteiger partial charge on any atom is 0.254 e. The second-order valence-corrected chi connectivity index (χ2v) is 10.1. The van der Waals surface area contributed by atoms with E-state index in [9.17, 15) is 4.79 Å². The fraction of sp³-hybridized carbons (Fsp3) is 0.519. The van der Waals surface area contributed by atoms with Crippen molar-refractivity contribution >= 4 is 29.0 Å². The number of ether oxygens (including phenoxy) is 1. The Bertz CT molecular complexity index is 1210. The van der Waals surface area contributed by atoms with Crippen LogP contribution in [0.25, 0.3) is 0 Å². The SMILES string of the molecule is CN=C(C(C)C)C1C(=N)CCc2cnc(Nc3cc(F)c(C(=O)NC4CCN(C)CC4)cc3OC)nc21. The Morgan fingerprint density at radius 2 is 2.00 bits per heavy atom. The van der Waals surface area contributed by atoms with Gasteiger partial charge in [0, 0.05) is 36.8 Å². The first kappa shape index (κ1) is 26.7. The number of rotatable bonds is 7. The quantitative estimate of drug-likeness (QED) is 0.487. The molecule has 1 aliphatic carbocycles. The third-order valence-electron chi connectivity index (χ3n) is 7.16. The number of aromatic nitrogens is 2.